The van der Waals surface area contributed by atoms with Crippen LogP contribution < -0.4 is 20.5 Å². The van der Waals surface area contributed by atoms with Crippen molar-refractivity contribution in [3.8, 4) is 11.5 Å². The van der Waals surface area contributed by atoms with Crippen molar-refractivity contribution < 1.29 is 23.8 Å². The number of benzene rings is 1. The fourth-order valence-electron chi connectivity index (χ4n) is 5.76. The van der Waals surface area contributed by atoms with Gasteiger partial charge in [-0.05, 0) is 54.7 Å². The number of unbranched alkanes of at least 4 members (excludes halogenated alkanes) is 3. The van der Waals surface area contributed by atoms with Crippen LogP contribution >= 0.6 is 0 Å². The number of rotatable bonds is 18. The summed E-state index contributed by atoms with van der Waals surface area (Å²) in [5.74, 6) is 1.58. The molecule has 0 spiro atoms. The van der Waals surface area contributed by atoms with Gasteiger partial charge in [0.1, 0.15) is 0 Å². The number of carbonyl (C=O) groups excluding carboxylic acids is 2. The summed E-state index contributed by atoms with van der Waals surface area (Å²) in [7, 11) is 3.35. The van der Waals surface area contributed by atoms with E-state index in [0.717, 1.165) is 56.4 Å². The summed E-state index contributed by atoms with van der Waals surface area (Å²) < 4.78 is 16.4. The Kier molecular flexibility index (Phi) is 12.2. The number of aryl methyl sites for hydroxylation is 1. The third kappa shape index (κ3) is 8.10. The number of amides is 2. The number of nitrogens with one attached hydrogen (secondary N) is 1. The van der Waals surface area contributed by atoms with Crippen LogP contribution in [0.3, 0.4) is 0 Å². The van der Waals surface area contributed by atoms with Gasteiger partial charge < -0.3 is 25.3 Å². The summed E-state index contributed by atoms with van der Waals surface area (Å²) >= 11 is 0. The van der Waals surface area contributed by atoms with Crippen molar-refractivity contribution in [3.05, 3.63) is 23.8 Å². The molecule has 2 unspecified atom stereocenters. The normalized spacial score (nSPS) is 19.2. The van der Waals surface area contributed by atoms with Crippen LogP contribution in [0.15, 0.2) is 18.2 Å². The van der Waals surface area contributed by atoms with Gasteiger partial charge in [0, 0.05) is 26.2 Å². The van der Waals surface area contributed by atoms with Gasteiger partial charge in [0.2, 0.25) is 11.8 Å². The minimum absolute atomic E-state index is 0.0781. The number of carbonyl (C=O) groups is 2. The van der Waals surface area contributed by atoms with Crippen molar-refractivity contribution in [2.45, 2.75) is 85.6 Å². The topological polar surface area (TPSA) is 99.9 Å². The van der Waals surface area contributed by atoms with Gasteiger partial charge in [-0.1, -0.05) is 59.9 Å². The number of primary amides is 1. The molecule has 0 radical (unpaired) electrons. The molecule has 0 saturated heterocycles. The van der Waals surface area contributed by atoms with Gasteiger partial charge in [0.05, 0.1) is 25.0 Å². The second-order valence-electron chi connectivity index (χ2n) is 11.2. The molecule has 0 bridgehead atoms. The van der Waals surface area contributed by atoms with Gasteiger partial charge in [-0.2, -0.15) is 0 Å². The van der Waals surface area contributed by atoms with E-state index in [-0.39, 0.29) is 41.5 Å². The van der Waals surface area contributed by atoms with E-state index in [1.54, 1.807) is 14.2 Å². The van der Waals surface area contributed by atoms with Crippen molar-refractivity contribution >= 4 is 11.8 Å². The fourth-order valence-corrected chi connectivity index (χ4v) is 5.76. The summed E-state index contributed by atoms with van der Waals surface area (Å²) in [6.45, 7) is 11.8. The van der Waals surface area contributed by atoms with Gasteiger partial charge in [0.25, 0.3) is 0 Å². The Hall–Kier alpha value is -2.28. The van der Waals surface area contributed by atoms with Gasteiger partial charge in [-0.25, -0.2) is 0 Å². The highest BCUT2D eigenvalue weighted by molar-refractivity contribution is 5.87. The molecule has 1 aliphatic rings. The fraction of sp³-hybridized carbons (Fsp3) is 0.733. The molecule has 3 N–H and O–H groups in total. The number of hydrogen-bond acceptors (Lipinski definition) is 5. The molecule has 2 amide bonds. The molecular formula is C30H50N2O5. The Morgan fingerprint density at radius 1 is 0.973 bits per heavy atom. The van der Waals surface area contributed by atoms with E-state index < -0.39 is 5.41 Å². The van der Waals surface area contributed by atoms with E-state index in [0.29, 0.717) is 13.2 Å². The molecule has 0 heterocycles. The Morgan fingerprint density at radius 2 is 1.65 bits per heavy atom. The minimum atomic E-state index is -0.449. The van der Waals surface area contributed by atoms with Crippen LogP contribution in [0.4, 0.5) is 0 Å². The molecule has 0 aliphatic heterocycles. The molecule has 37 heavy (non-hydrogen) atoms. The molecule has 7 heteroatoms. The monoisotopic (exact) mass is 518 g/mol. The summed E-state index contributed by atoms with van der Waals surface area (Å²) in [6.07, 6.45) is 6.92. The van der Waals surface area contributed by atoms with E-state index in [1.807, 2.05) is 13.0 Å². The van der Waals surface area contributed by atoms with E-state index in [9.17, 15) is 9.59 Å². The molecule has 0 aromatic heterocycles. The third-order valence-electron chi connectivity index (χ3n) is 8.27. The summed E-state index contributed by atoms with van der Waals surface area (Å²) in [4.78, 5) is 25.2. The van der Waals surface area contributed by atoms with Crippen LogP contribution in [-0.2, 0) is 20.7 Å². The molecule has 1 aromatic carbocycles. The molecule has 1 aliphatic carbocycles. The number of hydrogen-bond donors (Lipinski definition) is 2. The first-order chi connectivity index (χ1) is 17.6. The molecule has 2 rings (SSSR count). The van der Waals surface area contributed by atoms with Crippen LogP contribution in [0.5, 0.6) is 11.5 Å². The molecule has 3 atom stereocenters. The average Bonchev–Trinajstić information content (AvgIpc) is 3.49. The van der Waals surface area contributed by atoms with Gasteiger partial charge >= 0.3 is 0 Å². The lowest BCUT2D eigenvalue weighted by Gasteiger charge is -2.40. The lowest BCUT2D eigenvalue weighted by atomic mass is 9.65. The lowest BCUT2D eigenvalue weighted by molar-refractivity contribution is -0.138. The van der Waals surface area contributed by atoms with Crippen LogP contribution in [0.25, 0.3) is 0 Å². The largest absolute Gasteiger partial charge is 0.493 e. The lowest BCUT2D eigenvalue weighted by Crippen LogP contribution is -2.49. The predicted octanol–water partition coefficient (Wildman–Crippen LogP) is 5.14. The smallest absolute Gasteiger partial charge is 0.226 e. The van der Waals surface area contributed by atoms with E-state index in [1.165, 1.54) is 5.56 Å². The second kappa shape index (κ2) is 14.6. The van der Waals surface area contributed by atoms with E-state index >= 15 is 0 Å². The number of methoxy groups -OCH3 is 2. The molecule has 1 saturated carbocycles. The van der Waals surface area contributed by atoms with Crippen molar-refractivity contribution in [2.75, 3.05) is 27.4 Å². The van der Waals surface area contributed by atoms with Crippen molar-refractivity contribution in [1.29, 1.82) is 0 Å². The first-order valence-electron chi connectivity index (χ1n) is 14.0. The van der Waals surface area contributed by atoms with Crippen LogP contribution in [0.2, 0.25) is 0 Å². The highest BCUT2D eigenvalue weighted by Crippen LogP contribution is 2.44. The summed E-state index contributed by atoms with van der Waals surface area (Å²) in [5, 5.41) is 3.18. The molecule has 1 aromatic rings. The molecule has 210 valence electrons. The van der Waals surface area contributed by atoms with Gasteiger partial charge in [-0.15, -0.1) is 0 Å². The van der Waals surface area contributed by atoms with E-state index in [2.05, 4.69) is 45.1 Å². The van der Waals surface area contributed by atoms with Crippen LogP contribution in [0, 0.1) is 29.1 Å². The Balaban J connectivity index is 1.86. The molecule has 1 fully saturated rings. The summed E-state index contributed by atoms with van der Waals surface area (Å²) in [6, 6.07) is 6.03. The SMILES string of the molecule is COCCCOc1cc(CCCCCCC(C(=O)N[C@H]2C(C)C2C(N)=O)(C(C)C)C(C)C)ccc1OC. The van der Waals surface area contributed by atoms with Crippen LogP contribution in [-0.4, -0.2) is 45.3 Å². The minimum Gasteiger partial charge on any atom is -0.493 e. The van der Waals surface area contributed by atoms with Crippen LogP contribution in [0.1, 0.15) is 78.7 Å². The predicted molar refractivity (Wildman–Crippen MR) is 148 cm³/mol. The standard InChI is InChI=1S/C30H50N2O5/c1-20(2)30(21(3)4,29(34)32-27-22(5)26(27)28(31)33)16-11-9-8-10-13-23-14-15-24(36-7)25(19-23)37-18-12-17-35-6/h14-15,19-22,26-27H,8-13,16-18H2,1-7H3,(H2,31,33)(H,32,34)/t22?,26?,27-/m0/s1. The third-order valence-corrected chi connectivity index (χ3v) is 8.27. The summed E-state index contributed by atoms with van der Waals surface area (Å²) in [5.41, 5.74) is 6.29. The Morgan fingerprint density at radius 3 is 2.22 bits per heavy atom. The van der Waals surface area contributed by atoms with Crippen molar-refractivity contribution in [3.63, 3.8) is 0 Å². The maximum Gasteiger partial charge on any atom is 0.226 e. The quantitative estimate of drug-likeness (QED) is 0.262. The van der Waals surface area contributed by atoms with Gasteiger partial charge in [0.15, 0.2) is 11.5 Å². The molecule has 7 nitrogen and oxygen atoms in total. The first-order valence-corrected chi connectivity index (χ1v) is 14.0. The average molecular weight is 519 g/mol. The van der Waals surface area contributed by atoms with Gasteiger partial charge in [-0.3, -0.25) is 9.59 Å². The Labute approximate surface area is 224 Å². The zero-order chi connectivity index (χ0) is 27.6. The highest BCUT2D eigenvalue weighted by Gasteiger charge is 2.54. The van der Waals surface area contributed by atoms with Crippen molar-refractivity contribution in [2.24, 2.45) is 34.8 Å². The molecular weight excluding hydrogens is 468 g/mol. The van der Waals surface area contributed by atoms with Crippen molar-refractivity contribution in [1.82, 2.24) is 5.32 Å². The Bertz CT molecular complexity index is 862. The second-order valence-corrected chi connectivity index (χ2v) is 11.2. The maximum absolute atomic E-state index is 13.5. The first kappa shape index (κ1) is 30.9. The highest BCUT2D eigenvalue weighted by atomic mass is 16.5. The maximum atomic E-state index is 13.5. The van der Waals surface area contributed by atoms with E-state index in [4.69, 9.17) is 19.9 Å². The zero-order valence-electron chi connectivity index (χ0n) is 24.1. The number of nitrogens with two attached hydrogens (primary N) is 1. The zero-order valence-corrected chi connectivity index (χ0v) is 24.1. The number of ether oxygens (including phenoxy) is 3.